The molecule has 0 fully saturated rings. The monoisotopic (exact) mass is 555 g/mol. The standard InChI is InChI=1S/C25H16BrCl2N3O3/c26-15-6-8-23(29-11-15)31-13-18-22(34-21-4-2-1-3-17(21)24(18)32)10-16(31)12-30-25(33)14-5-7-19(27)20(28)9-14/h1-11,13,22H,12H2,(H,30,33). The molecule has 170 valence electrons. The Labute approximate surface area is 214 Å². The molecule has 2 aromatic carbocycles. The number of aromatic nitrogens is 1. The Hall–Kier alpha value is -3.13. The van der Waals surface area contributed by atoms with Crippen LogP contribution in [-0.2, 0) is 0 Å². The number of para-hydroxylation sites is 1. The van der Waals surface area contributed by atoms with Crippen molar-refractivity contribution >= 4 is 56.6 Å². The third-order valence-electron chi connectivity index (χ3n) is 5.45. The number of hydrogen-bond acceptors (Lipinski definition) is 5. The summed E-state index contributed by atoms with van der Waals surface area (Å²) in [5.74, 6) is 0.698. The lowest BCUT2D eigenvalue weighted by molar-refractivity contribution is 0.0950. The van der Waals surface area contributed by atoms with E-state index in [2.05, 4.69) is 26.2 Å². The van der Waals surface area contributed by atoms with Crippen LogP contribution < -0.4 is 15.0 Å². The van der Waals surface area contributed by atoms with Crippen molar-refractivity contribution in [2.45, 2.75) is 6.10 Å². The van der Waals surface area contributed by atoms with Crippen molar-refractivity contribution in [1.29, 1.82) is 0 Å². The zero-order valence-corrected chi connectivity index (χ0v) is 20.6. The third kappa shape index (κ3) is 4.34. The summed E-state index contributed by atoms with van der Waals surface area (Å²) in [6.07, 6.45) is 4.63. The summed E-state index contributed by atoms with van der Waals surface area (Å²) in [5.41, 5.74) is 2.08. The molecule has 1 amide bonds. The van der Waals surface area contributed by atoms with Crippen LogP contribution in [0.25, 0.3) is 0 Å². The van der Waals surface area contributed by atoms with Gasteiger partial charge in [-0.25, -0.2) is 4.98 Å². The first-order valence-electron chi connectivity index (χ1n) is 10.3. The number of carbonyl (C=O) groups excluding carboxylic acids is 2. The molecule has 3 aromatic rings. The number of nitrogens with zero attached hydrogens (tertiary/aromatic N) is 2. The summed E-state index contributed by atoms with van der Waals surface area (Å²) in [5, 5.41) is 3.57. The highest BCUT2D eigenvalue weighted by molar-refractivity contribution is 9.10. The number of hydrogen-bond donors (Lipinski definition) is 1. The Balaban J connectivity index is 1.46. The van der Waals surface area contributed by atoms with Crippen molar-refractivity contribution in [3.8, 4) is 5.75 Å². The molecule has 0 saturated heterocycles. The SMILES string of the molecule is O=C(NCC1=CC2Oc3ccccc3C(=O)C2=CN1c1ccc(Br)cn1)c1ccc(Cl)c(Cl)c1. The van der Waals surface area contributed by atoms with Crippen molar-refractivity contribution in [3.63, 3.8) is 0 Å². The highest BCUT2D eigenvalue weighted by atomic mass is 79.9. The molecule has 2 aliphatic rings. The Morgan fingerprint density at radius 1 is 1.12 bits per heavy atom. The van der Waals surface area contributed by atoms with Gasteiger partial charge in [0.15, 0.2) is 5.78 Å². The molecule has 3 heterocycles. The van der Waals surface area contributed by atoms with Crippen molar-refractivity contribution in [2.75, 3.05) is 11.4 Å². The van der Waals surface area contributed by atoms with Gasteiger partial charge in [-0.05, 0) is 64.5 Å². The summed E-state index contributed by atoms with van der Waals surface area (Å²) in [7, 11) is 0. The lowest BCUT2D eigenvalue weighted by Gasteiger charge is -2.34. The first-order chi connectivity index (χ1) is 16.4. The van der Waals surface area contributed by atoms with E-state index in [1.165, 1.54) is 6.07 Å². The highest BCUT2D eigenvalue weighted by Crippen LogP contribution is 2.35. The summed E-state index contributed by atoms with van der Waals surface area (Å²) < 4.78 is 6.92. The molecule has 5 rings (SSSR count). The van der Waals surface area contributed by atoms with Gasteiger partial charge in [0.25, 0.3) is 5.91 Å². The van der Waals surface area contributed by atoms with Gasteiger partial charge in [0.2, 0.25) is 0 Å². The topological polar surface area (TPSA) is 71.5 Å². The van der Waals surface area contributed by atoms with Crippen molar-refractivity contribution in [2.24, 2.45) is 0 Å². The van der Waals surface area contributed by atoms with Gasteiger partial charge in [0.05, 0.1) is 27.7 Å². The minimum Gasteiger partial charge on any atom is -0.481 e. The van der Waals surface area contributed by atoms with Gasteiger partial charge in [-0.2, -0.15) is 0 Å². The van der Waals surface area contributed by atoms with Crippen LogP contribution in [0.1, 0.15) is 20.7 Å². The smallest absolute Gasteiger partial charge is 0.251 e. The zero-order valence-electron chi connectivity index (χ0n) is 17.5. The predicted octanol–water partition coefficient (Wildman–Crippen LogP) is 5.81. The molecule has 2 aliphatic heterocycles. The number of anilines is 1. The number of rotatable bonds is 4. The number of carbonyl (C=O) groups is 2. The maximum Gasteiger partial charge on any atom is 0.251 e. The molecule has 1 aromatic heterocycles. The number of nitrogens with one attached hydrogen (secondary N) is 1. The van der Waals surface area contributed by atoms with Crippen molar-refractivity contribution < 1.29 is 14.3 Å². The fraction of sp³-hybridized carbons (Fsp3) is 0.0800. The summed E-state index contributed by atoms with van der Waals surface area (Å²) in [4.78, 5) is 32.2. The Morgan fingerprint density at radius 2 is 1.94 bits per heavy atom. The van der Waals surface area contributed by atoms with E-state index in [4.69, 9.17) is 27.9 Å². The summed E-state index contributed by atoms with van der Waals surface area (Å²) in [6.45, 7) is 0.163. The maximum absolute atomic E-state index is 13.2. The van der Waals surface area contributed by atoms with Crippen LogP contribution >= 0.6 is 39.1 Å². The molecule has 0 aliphatic carbocycles. The van der Waals surface area contributed by atoms with Crippen LogP contribution in [-0.4, -0.2) is 29.3 Å². The number of ketones is 1. The van der Waals surface area contributed by atoms with Crippen LogP contribution in [0.15, 0.2) is 88.8 Å². The number of pyridine rings is 1. The molecular formula is C25H16BrCl2N3O3. The van der Waals surface area contributed by atoms with Crippen LogP contribution in [0.3, 0.4) is 0 Å². The second-order valence-electron chi connectivity index (χ2n) is 7.62. The average Bonchev–Trinajstić information content (AvgIpc) is 2.84. The molecule has 0 spiro atoms. The molecule has 6 nitrogen and oxygen atoms in total. The number of Topliss-reactive ketones (excluding diaryl/α,β-unsaturated/α-hetero) is 1. The maximum atomic E-state index is 13.2. The van der Waals surface area contributed by atoms with Gasteiger partial charge < -0.3 is 15.0 Å². The largest absolute Gasteiger partial charge is 0.481 e. The van der Waals surface area contributed by atoms with Crippen LogP contribution in [0.4, 0.5) is 5.82 Å². The van der Waals surface area contributed by atoms with E-state index in [9.17, 15) is 9.59 Å². The van der Waals surface area contributed by atoms with Crippen LogP contribution in [0, 0.1) is 0 Å². The fourth-order valence-electron chi connectivity index (χ4n) is 3.75. The number of fused-ring (bicyclic) bond motifs is 2. The summed E-state index contributed by atoms with van der Waals surface area (Å²) in [6, 6.07) is 15.5. The van der Waals surface area contributed by atoms with E-state index in [1.807, 2.05) is 24.3 Å². The number of amides is 1. The van der Waals surface area contributed by atoms with Gasteiger partial charge in [-0.15, -0.1) is 0 Å². The molecule has 0 saturated carbocycles. The summed E-state index contributed by atoms with van der Waals surface area (Å²) >= 11 is 15.4. The second kappa shape index (κ2) is 9.25. The molecule has 0 bridgehead atoms. The predicted molar refractivity (Wildman–Crippen MR) is 135 cm³/mol. The van der Waals surface area contributed by atoms with Gasteiger partial charge in [0, 0.05) is 28.1 Å². The normalized spacial score (nSPS) is 16.6. The zero-order chi connectivity index (χ0) is 23.8. The highest BCUT2D eigenvalue weighted by Gasteiger charge is 2.35. The molecular weight excluding hydrogens is 541 g/mol. The van der Waals surface area contributed by atoms with Crippen molar-refractivity contribution in [1.82, 2.24) is 10.3 Å². The molecule has 1 atom stereocenters. The van der Waals surface area contributed by atoms with Crippen LogP contribution in [0.2, 0.25) is 10.0 Å². The third-order valence-corrected chi connectivity index (χ3v) is 6.65. The quantitative estimate of drug-likeness (QED) is 0.439. The second-order valence-corrected chi connectivity index (χ2v) is 9.35. The molecule has 1 N–H and O–H groups in total. The van der Waals surface area contributed by atoms with Gasteiger partial charge in [-0.3, -0.25) is 9.59 Å². The van der Waals surface area contributed by atoms with E-state index in [0.717, 1.165) is 4.47 Å². The fourth-order valence-corrected chi connectivity index (χ4v) is 4.29. The first-order valence-corrected chi connectivity index (χ1v) is 11.8. The lowest BCUT2D eigenvalue weighted by atomic mass is 9.93. The molecule has 0 radical (unpaired) electrons. The molecule has 34 heavy (non-hydrogen) atoms. The number of halogens is 3. The minimum absolute atomic E-state index is 0.107. The Kier molecular flexibility index (Phi) is 6.16. The van der Waals surface area contributed by atoms with Gasteiger partial charge >= 0.3 is 0 Å². The van der Waals surface area contributed by atoms with Crippen LogP contribution in [0.5, 0.6) is 5.75 Å². The average molecular weight is 557 g/mol. The van der Waals surface area contributed by atoms with E-state index >= 15 is 0 Å². The van der Waals surface area contributed by atoms with E-state index in [-0.39, 0.29) is 18.2 Å². The Bertz CT molecular complexity index is 1370. The van der Waals surface area contributed by atoms with E-state index < -0.39 is 6.10 Å². The molecule has 9 heteroatoms. The molecule has 1 unspecified atom stereocenters. The van der Waals surface area contributed by atoms with Crippen molar-refractivity contribution in [3.05, 3.63) is 110 Å². The van der Waals surface area contributed by atoms with E-state index in [0.29, 0.717) is 44.0 Å². The van der Waals surface area contributed by atoms with E-state index in [1.54, 1.807) is 47.6 Å². The first kappa shape index (κ1) is 22.7. The number of ether oxygens (including phenoxy) is 1. The van der Waals surface area contributed by atoms with Gasteiger partial charge in [-0.1, -0.05) is 35.3 Å². The van der Waals surface area contributed by atoms with Gasteiger partial charge in [0.1, 0.15) is 17.7 Å². The Morgan fingerprint density at radius 3 is 2.71 bits per heavy atom. The number of benzene rings is 2. The minimum atomic E-state index is -0.578. The lowest BCUT2D eigenvalue weighted by Crippen LogP contribution is -2.39.